The molecule has 1 aromatic rings. The SMILES string of the molecule is CCC(CC)c1cc(CNC(=NC)NCC(C)CN2CCCC2)on1.I. The smallest absolute Gasteiger partial charge is 0.191 e. The van der Waals surface area contributed by atoms with E-state index in [1.54, 1.807) is 7.05 Å². The highest BCUT2D eigenvalue weighted by Gasteiger charge is 2.15. The lowest BCUT2D eigenvalue weighted by Crippen LogP contribution is -2.41. The molecule has 1 aliphatic rings. The third-order valence-corrected chi connectivity index (χ3v) is 5.02. The molecule has 2 heterocycles. The monoisotopic (exact) mass is 477 g/mol. The van der Waals surface area contributed by atoms with E-state index in [4.69, 9.17) is 4.52 Å². The average molecular weight is 477 g/mol. The van der Waals surface area contributed by atoms with E-state index in [2.05, 4.69) is 52.5 Å². The molecule has 6 nitrogen and oxygen atoms in total. The zero-order valence-corrected chi connectivity index (χ0v) is 19.1. The van der Waals surface area contributed by atoms with Crippen LogP contribution in [-0.4, -0.2) is 49.2 Å². The van der Waals surface area contributed by atoms with Crippen molar-refractivity contribution < 1.29 is 4.52 Å². The fourth-order valence-corrected chi connectivity index (χ4v) is 3.44. The van der Waals surface area contributed by atoms with E-state index in [1.165, 1.54) is 25.9 Å². The molecule has 0 radical (unpaired) electrons. The quantitative estimate of drug-likeness (QED) is 0.323. The van der Waals surface area contributed by atoms with Crippen molar-refractivity contribution in [3.63, 3.8) is 0 Å². The van der Waals surface area contributed by atoms with E-state index in [0.717, 1.165) is 43.3 Å². The largest absolute Gasteiger partial charge is 0.359 e. The van der Waals surface area contributed by atoms with Crippen molar-refractivity contribution in [2.24, 2.45) is 10.9 Å². The predicted molar refractivity (Wildman–Crippen MR) is 118 cm³/mol. The molecule has 1 atom stereocenters. The van der Waals surface area contributed by atoms with Gasteiger partial charge in [0.05, 0.1) is 12.2 Å². The second-order valence-corrected chi connectivity index (χ2v) is 7.15. The first-order valence-electron chi connectivity index (χ1n) is 9.78. The Morgan fingerprint density at radius 1 is 1.27 bits per heavy atom. The van der Waals surface area contributed by atoms with Crippen molar-refractivity contribution >= 4 is 29.9 Å². The van der Waals surface area contributed by atoms with Crippen LogP contribution in [0.15, 0.2) is 15.6 Å². The number of likely N-dealkylation sites (tertiary alicyclic amines) is 1. The van der Waals surface area contributed by atoms with Gasteiger partial charge in [-0.3, -0.25) is 4.99 Å². The van der Waals surface area contributed by atoms with Gasteiger partial charge in [0.15, 0.2) is 11.7 Å². The highest BCUT2D eigenvalue weighted by atomic mass is 127. The highest BCUT2D eigenvalue weighted by Crippen LogP contribution is 2.22. The number of hydrogen-bond acceptors (Lipinski definition) is 4. The summed E-state index contributed by atoms with van der Waals surface area (Å²) in [6.45, 7) is 11.9. The molecule has 1 fully saturated rings. The predicted octanol–water partition coefficient (Wildman–Crippen LogP) is 3.59. The fraction of sp³-hybridized carbons (Fsp3) is 0.789. The molecule has 1 unspecified atom stereocenters. The summed E-state index contributed by atoms with van der Waals surface area (Å²) in [5, 5.41) is 10.9. The molecule has 1 saturated heterocycles. The number of rotatable bonds is 9. The van der Waals surface area contributed by atoms with Crippen molar-refractivity contribution in [3.05, 3.63) is 17.5 Å². The first kappa shape index (κ1) is 23.2. The van der Waals surface area contributed by atoms with Gasteiger partial charge in [-0.05, 0) is 44.7 Å². The summed E-state index contributed by atoms with van der Waals surface area (Å²) < 4.78 is 5.46. The van der Waals surface area contributed by atoms with Crippen molar-refractivity contribution in [1.29, 1.82) is 0 Å². The highest BCUT2D eigenvalue weighted by molar-refractivity contribution is 14.0. The number of hydrogen-bond donors (Lipinski definition) is 2. The van der Waals surface area contributed by atoms with E-state index >= 15 is 0 Å². The van der Waals surface area contributed by atoms with E-state index < -0.39 is 0 Å². The number of aromatic nitrogens is 1. The van der Waals surface area contributed by atoms with Crippen LogP contribution in [0.4, 0.5) is 0 Å². The normalized spacial score (nSPS) is 16.6. The van der Waals surface area contributed by atoms with Crippen molar-refractivity contribution in [3.8, 4) is 0 Å². The molecule has 26 heavy (non-hydrogen) atoms. The van der Waals surface area contributed by atoms with Crippen LogP contribution in [0.2, 0.25) is 0 Å². The molecule has 2 N–H and O–H groups in total. The second-order valence-electron chi connectivity index (χ2n) is 7.15. The molecule has 0 saturated carbocycles. The molecule has 150 valence electrons. The first-order valence-corrected chi connectivity index (χ1v) is 9.78. The van der Waals surface area contributed by atoms with E-state index in [1.807, 2.05) is 0 Å². The lowest BCUT2D eigenvalue weighted by atomic mass is 9.99. The lowest BCUT2D eigenvalue weighted by Gasteiger charge is -2.21. The van der Waals surface area contributed by atoms with E-state index in [0.29, 0.717) is 18.4 Å². The molecule has 0 bridgehead atoms. The number of nitrogens with zero attached hydrogens (tertiary/aromatic N) is 3. The van der Waals surface area contributed by atoms with Gasteiger partial charge >= 0.3 is 0 Å². The van der Waals surface area contributed by atoms with Crippen molar-refractivity contribution in [1.82, 2.24) is 20.7 Å². The third-order valence-electron chi connectivity index (χ3n) is 5.02. The standard InChI is InChI=1S/C19H35N5O.HI/c1-5-16(6-2)18-11-17(25-23-18)13-22-19(20-4)21-12-15(3)14-24-9-7-8-10-24;/h11,15-16H,5-10,12-14H2,1-4H3,(H2,20,21,22);1H. The Balaban J connectivity index is 0.00000338. The van der Waals surface area contributed by atoms with Gasteiger partial charge < -0.3 is 20.1 Å². The molecular formula is C19H36IN5O. The molecular weight excluding hydrogens is 441 g/mol. The summed E-state index contributed by atoms with van der Waals surface area (Å²) in [5.41, 5.74) is 1.06. The summed E-state index contributed by atoms with van der Waals surface area (Å²) in [7, 11) is 1.80. The molecule has 2 rings (SSSR count). The Kier molecular flexibility index (Phi) is 11.2. The van der Waals surface area contributed by atoms with Gasteiger partial charge in [0, 0.05) is 32.1 Å². The van der Waals surface area contributed by atoms with Gasteiger partial charge in [-0.2, -0.15) is 0 Å². The number of aliphatic imine (C=N–C) groups is 1. The summed E-state index contributed by atoms with van der Waals surface area (Å²) in [4.78, 5) is 6.85. The van der Waals surface area contributed by atoms with Crippen LogP contribution < -0.4 is 10.6 Å². The Bertz CT molecular complexity index is 524. The van der Waals surface area contributed by atoms with Crippen LogP contribution in [0.25, 0.3) is 0 Å². The molecule has 0 spiro atoms. The van der Waals surface area contributed by atoms with Crippen LogP contribution in [0, 0.1) is 5.92 Å². The minimum atomic E-state index is 0. The molecule has 0 aromatic carbocycles. The Hall–Kier alpha value is -0.830. The maximum Gasteiger partial charge on any atom is 0.191 e. The van der Waals surface area contributed by atoms with Crippen LogP contribution in [0.3, 0.4) is 0 Å². The van der Waals surface area contributed by atoms with Gasteiger partial charge in [-0.1, -0.05) is 25.9 Å². The maximum atomic E-state index is 5.46. The van der Waals surface area contributed by atoms with Crippen LogP contribution in [0.1, 0.15) is 63.8 Å². The number of halogens is 1. The maximum absolute atomic E-state index is 5.46. The van der Waals surface area contributed by atoms with Gasteiger partial charge in [0.1, 0.15) is 0 Å². The van der Waals surface area contributed by atoms with Crippen LogP contribution in [0.5, 0.6) is 0 Å². The average Bonchev–Trinajstić information content (AvgIpc) is 3.28. The molecule has 1 aromatic heterocycles. The van der Waals surface area contributed by atoms with Gasteiger partial charge in [-0.15, -0.1) is 24.0 Å². The van der Waals surface area contributed by atoms with Crippen LogP contribution >= 0.6 is 24.0 Å². The van der Waals surface area contributed by atoms with Gasteiger partial charge in [0.25, 0.3) is 0 Å². The van der Waals surface area contributed by atoms with Crippen molar-refractivity contribution in [2.75, 3.05) is 33.2 Å². The lowest BCUT2D eigenvalue weighted by molar-refractivity contribution is 0.287. The second kappa shape index (κ2) is 12.5. The van der Waals surface area contributed by atoms with E-state index in [-0.39, 0.29) is 24.0 Å². The third kappa shape index (κ3) is 7.42. The first-order chi connectivity index (χ1) is 12.2. The molecule has 7 heteroatoms. The summed E-state index contributed by atoms with van der Waals surface area (Å²) in [5.74, 6) is 2.76. The minimum absolute atomic E-state index is 0. The minimum Gasteiger partial charge on any atom is -0.359 e. The molecule has 0 amide bonds. The Morgan fingerprint density at radius 2 is 1.96 bits per heavy atom. The van der Waals surface area contributed by atoms with Gasteiger partial charge in [-0.25, -0.2) is 0 Å². The zero-order valence-electron chi connectivity index (χ0n) is 16.8. The number of guanidine groups is 1. The molecule has 0 aliphatic carbocycles. The van der Waals surface area contributed by atoms with Crippen molar-refractivity contribution in [2.45, 2.75) is 58.9 Å². The summed E-state index contributed by atoms with van der Waals surface area (Å²) in [6.07, 6.45) is 4.88. The van der Waals surface area contributed by atoms with Crippen LogP contribution in [-0.2, 0) is 6.54 Å². The fourth-order valence-electron chi connectivity index (χ4n) is 3.44. The Labute approximate surface area is 175 Å². The summed E-state index contributed by atoms with van der Waals surface area (Å²) in [6, 6.07) is 2.06. The Morgan fingerprint density at radius 3 is 2.58 bits per heavy atom. The summed E-state index contributed by atoms with van der Waals surface area (Å²) >= 11 is 0. The molecule has 1 aliphatic heterocycles. The van der Waals surface area contributed by atoms with E-state index in [9.17, 15) is 0 Å². The number of nitrogens with one attached hydrogen (secondary N) is 2. The topological polar surface area (TPSA) is 65.7 Å². The zero-order chi connectivity index (χ0) is 18.1. The van der Waals surface area contributed by atoms with Gasteiger partial charge in [0.2, 0.25) is 0 Å².